The van der Waals surface area contributed by atoms with Crippen LogP contribution in [0.1, 0.15) is 41.3 Å². The standard InChI is InChI=1S/C22H30N2O2/c1-3-24(22(25)21-11-15-26-17-21)16-19-8-12-23(13-9-19)14-10-20-7-5-4-6-18(20)2/h4-7,11,15,17,19H,3,8-10,12-14,16H2,1-2H3. The van der Waals surface area contributed by atoms with Gasteiger partial charge in [-0.3, -0.25) is 4.79 Å². The highest BCUT2D eigenvalue weighted by atomic mass is 16.3. The van der Waals surface area contributed by atoms with Crippen LogP contribution >= 0.6 is 0 Å². The maximum Gasteiger partial charge on any atom is 0.257 e. The summed E-state index contributed by atoms with van der Waals surface area (Å²) in [5, 5.41) is 0. The fourth-order valence-corrected chi connectivity index (χ4v) is 3.80. The van der Waals surface area contributed by atoms with E-state index in [1.807, 2.05) is 4.90 Å². The molecule has 0 N–H and O–H groups in total. The third-order valence-electron chi connectivity index (χ3n) is 5.58. The lowest BCUT2D eigenvalue weighted by Gasteiger charge is -2.34. The molecule has 2 heterocycles. The summed E-state index contributed by atoms with van der Waals surface area (Å²) in [6.07, 6.45) is 6.57. The Morgan fingerprint density at radius 2 is 2.00 bits per heavy atom. The molecule has 1 aromatic heterocycles. The van der Waals surface area contributed by atoms with E-state index in [0.717, 1.165) is 39.1 Å². The van der Waals surface area contributed by atoms with E-state index in [4.69, 9.17) is 4.42 Å². The molecule has 3 rings (SSSR count). The van der Waals surface area contributed by atoms with Crippen molar-refractivity contribution >= 4 is 5.91 Å². The molecule has 1 aliphatic heterocycles. The van der Waals surface area contributed by atoms with Crippen LogP contribution < -0.4 is 0 Å². The number of carbonyl (C=O) groups excluding carboxylic acids is 1. The molecule has 1 saturated heterocycles. The minimum atomic E-state index is 0.0863. The summed E-state index contributed by atoms with van der Waals surface area (Å²) >= 11 is 0. The van der Waals surface area contributed by atoms with Crippen molar-refractivity contribution in [3.05, 3.63) is 59.5 Å². The van der Waals surface area contributed by atoms with Crippen LogP contribution in [0.4, 0.5) is 0 Å². The molecule has 0 atom stereocenters. The number of carbonyl (C=O) groups is 1. The van der Waals surface area contributed by atoms with Gasteiger partial charge in [-0.2, -0.15) is 0 Å². The Bertz CT molecular complexity index is 688. The Labute approximate surface area is 156 Å². The number of aryl methyl sites for hydroxylation is 1. The van der Waals surface area contributed by atoms with Crippen molar-refractivity contribution in [1.29, 1.82) is 0 Å². The number of likely N-dealkylation sites (tertiary alicyclic amines) is 1. The summed E-state index contributed by atoms with van der Waals surface area (Å²) in [5.41, 5.74) is 3.50. The third kappa shape index (κ3) is 4.76. The second-order valence-corrected chi connectivity index (χ2v) is 7.32. The van der Waals surface area contributed by atoms with E-state index in [-0.39, 0.29) is 5.91 Å². The highest BCUT2D eigenvalue weighted by Gasteiger charge is 2.24. The van der Waals surface area contributed by atoms with Crippen LogP contribution in [-0.2, 0) is 6.42 Å². The van der Waals surface area contributed by atoms with E-state index in [9.17, 15) is 4.79 Å². The predicted octanol–water partition coefficient (Wildman–Crippen LogP) is 4.00. The average Bonchev–Trinajstić information content (AvgIpc) is 3.21. The van der Waals surface area contributed by atoms with Gasteiger partial charge in [0.1, 0.15) is 6.26 Å². The average molecular weight is 354 g/mol. The predicted molar refractivity (Wildman–Crippen MR) is 104 cm³/mol. The van der Waals surface area contributed by atoms with Crippen LogP contribution in [0.5, 0.6) is 0 Å². The number of nitrogens with zero attached hydrogens (tertiary/aromatic N) is 2. The molecule has 0 aliphatic carbocycles. The summed E-state index contributed by atoms with van der Waals surface area (Å²) in [7, 11) is 0. The summed E-state index contributed by atoms with van der Waals surface area (Å²) in [6, 6.07) is 10.4. The van der Waals surface area contributed by atoms with Crippen molar-refractivity contribution in [3.63, 3.8) is 0 Å². The van der Waals surface area contributed by atoms with E-state index >= 15 is 0 Å². The lowest BCUT2D eigenvalue weighted by Crippen LogP contribution is -2.41. The zero-order valence-corrected chi connectivity index (χ0v) is 16.0. The van der Waals surface area contributed by atoms with E-state index in [2.05, 4.69) is 43.0 Å². The zero-order valence-electron chi connectivity index (χ0n) is 16.0. The Morgan fingerprint density at radius 3 is 2.65 bits per heavy atom. The molecule has 1 aliphatic rings. The Kier molecular flexibility index (Phi) is 6.51. The van der Waals surface area contributed by atoms with Gasteiger partial charge in [0.25, 0.3) is 5.91 Å². The van der Waals surface area contributed by atoms with Gasteiger partial charge in [-0.1, -0.05) is 24.3 Å². The number of benzene rings is 1. The number of hydrogen-bond acceptors (Lipinski definition) is 3. The summed E-state index contributed by atoms with van der Waals surface area (Å²) in [5.74, 6) is 0.684. The monoisotopic (exact) mass is 354 g/mol. The van der Waals surface area contributed by atoms with Crippen LogP contribution in [0, 0.1) is 12.8 Å². The molecule has 0 bridgehead atoms. The van der Waals surface area contributed by atoms with E-state index in [1.165, 1.54) is 24.0 Å². The summed E-state index contributed by atoms with van der Waals surface area (Å²) in [6.45, 7) is 9.24. The second kappa shape index (κ2) is 9.04. The molecule has 0 spiro atoms. The number of hydrogen-bond donors (Lipinski definition) is 0. The van der Waals surface area contributed by atoms with Crippen molar-refractivity contribution < 1.29 is 9.21 Å². The minimum Gasteiger partial charge on any atom is -0.472 e. The maximum atomic E-state index is 12.5. The molecule has 1 fully saturated rings. The first-order valence-corrected chi connectivity index (χ1v) is 9.75. The van der Waals surface area contributed by atoms with Crippen LogP contribution in [0.3, 0.4) is 0 Å². The highest BCUT2D eigenvalue weighted by Crippen LogP contribution is 2.20. The van der Waals surface area contributed by atoms with Crippen molar-refractivity contribution in [2.24, 2.45) is 5.92 Å². The van der Waals surface area contributed by atoms with Gasteiger partial charge in [-0.05, 0) is 69.3 Å². The lowest BCUT2D eigenvalue weighted by molar-refractivity contribution is 0.0701. The van der Waals surface area contributed by atoms with Crippen molar-refractivity contribution in [3.8, 4) is 0 Å². The summed E-state index contributed by atoms with van der Waals surface area (Å²) in [4.78, 5) is 17.0. The Balaban J connectivity index is 1.44. The fraction of sp³-hybridized carbons (Fsp3) is 0.500. The van der Waals surface area contributed by atoms with E-state index in [0.29, 0.717) is 11.5 Å². The van der Waals surface area contributed by atoms with Crippen LogP contribution in [0.2, 0.25) is 0 Å². The first-order chi connectivity index (χ1) is 12.7. The molecule has 1 amide bonds. The van der Waals surface area contributed by atoms with Crippen molar-refractivity contribution in [2.75, 3.05) is 32.7 Å². The zero-order chi connectivity index (χ0) is 18.4. The molecular weight excluding hydrogens is 324 g/mol. The topological polar surface area (TPSA) is 36.7 Å². The van der Waals surface area contributed by atoms with E-state index < -0.39 is 0 Å². The highest BCUT2D eigenvalue weighted by molar-refractivity contribution is 5.93. The first kappa shape index (κ1) is 18.7. The molecular formula is C22H30N2O2. The molecule has 140 valence electrons. The smallest absolute Gasteiger partial charge is 0.257 e. The Hall–Kier alpha value is -2.07. The molecule has 0 radical (unpaired) electrons. The number of furan rings is 1. The Morgan fingerprint density at radius 1 is 1.23 bits per heavy atom. The van der Waals surface area contributed by atoms with Gasteiger partial charge < -0.3 is 14.2 Å². The third-order valence-corrected chi connectivity index (χ3v) is 5.58. The molecule has 4 nitrogen and oxygen atoms in total. The molecule has 0 saturated carbocycles. The SMILES string of the molecule is CCN(CC1CCN(CCc2ccccc2C)CC1)C(=O)c1ccoc1. The van der Waals surface area contributed by atoms with Crippen molar-refractivity contribution in [1.82, 2.24) is 9.80 Å². The molecule has 4 heteroatoms. The number of amides is 1. The van der Waals surface area contributed by atoms with Gasteiger partial charge in [-0.25, -0.2) is 0 Å². The van der Waals surface area contributed by atoms with Gasteiger partial charge in [0.05, 0.1) is 11.8 Å². The maximum absolute atomic E-state index is 12.5. The lowest BCUT2D eigenvalue weighted by atomic mass is 9.95. The van der Waals surface area contributed by atoms with Gasteiger partial charge >= 0.3 is 0 Å². The van der Waals surface area contributed by atoms with Gasteiger partial charge in [0.2, 0.25) is 0 Å². The number of piperidine rings is 1. The van der Waals surface area contributed by atoms with Gasteiger partial charge in [0.15, 0.2) is 0 Å². The van der Waals surface area contributed by atoms with Crippen LogP contribution in [-0.4, -0.2) is 48.4 Å². The quantitative estimate of drug-likeness (QED) is 0.754. The molecule has 2 aromatic rings. The minimum absolute atomic E-state index is 0.0863. The van der Waals surface area contributed by atoms with Crippen LogP contribution in [0.25, 0.3) is 0 Å². The van der Waals surface area contributed by atoms with Gasteiger partial charge in [0, 0.05) is 19.6 Å². The largest absolute Gasteiger partial charge is 0.472 e. The van der Waals surface area contributed by atoms with Crippen LogP contribution in [0.15, 0.2) is 47.3 Å². The first-order valence-electron chi connectivity index (χ1n) is 9.75. The van der Waals surface area contributed by atoms with E-state index in [1.54, 1.807) is 18.6 Å². The van der Waals surface area contributed by atoms with Crippen molar-refractivity contribution in [2.45, 2.75) is 33.1 Å². The fourth-order valence-electron chi connectivity index (χ4n) is 3.80. The second-order valence-electron chi connectivity index (χ2n) is 7.32. The molecule has 26 heavy (non-hydrogen) atoms. The molecule has 1 aromatic carbocycles. The normalized spacial score (nSPS) is 15.9. The van der Waals surface area contributed by atoms with Gasteiger partial charge in [-0.15, -0.1) is 0 Å². The molecule has 0 unspecified atom stereocenters. The number of rotatable bonds is 7. The summed E-state index contributed by atoms with van der Waals surface area (Å²) < 4.78 is 5.05.